The second-order valence-electron chi connectivity index (χ2n) is 4.73. The molecule has 0 unspecified atom stereocenters. The molecule has 2 rings (SSSR count). The van der Waals surface area contributed by atoms with Crippen molar-refractivity contribution >= 4 is 31.9 Å². The van der Waals surface area contributed by atoms with E-state index >= 15 is 0 Å². The molecule has 1 aromatic heterocycles. The number of nitrogens with zero attached hydrogens (tertiary/aromatic N) is 2. The van der Waals surface area contributed by atoms with Gasteiger partial charge in [-0.2, -0.15) is 5.10 Å². The Kier molecular flexibility index (Phi) is 4.88. The number of aryl methyl sites for hydroxylation is 2. The summed E-state index contributed by atoms with van der Waals surface area (Å²) in [6.07, 6.45) is 0. The zero-order chi connectivity index (χ0) is 14.9. The first-order valence-corrected chi connectivity index (χ1v) is 7.84. The van der Waals surface area contributed by atoms with Gasteiger partial charge < -0.3 is 10.5 Å². The Bertz CT molecular complexity index is 623. The summed E-state index contributed by atoms with van der Waals surface area (Å²) in [7, 11) is 1.91. The van der Waals surface area contributed by atoms with Crippen LogP contribution in [0.2, 0.25) is 0 Å². The Morgan fingerprint density at radius 3 is 2.65 bits per heavy atom. The minimum absolute atomic E-state index is 0.0841. The fraction of sp³-hybridized carbons (Fsp3) is 0.357. The van der Waals surface area contributed by atoms with Crippen molar-refractivity contribution in [3.05, 3.63) is 44.1 Å². The Labute approximate surface area is 135 Å². The van der Waals surface area contributed by atoms with Crippen LogP contribution in [0.3, 0.4) is 0 Å². The van der Waals surface area contributed by atoms with Gasteiger partial charge in [-0.15, -0.1) is 0 Å². The van der Waals surface area contributed by atoms with E-state index in [1.54, 1.807) is 0 Å². The SMILES string of the molecule is Cc1nn(C)c(COc2ccc(Br)cc2[C@H](C)N)c1Br. The van der Waals surface area contributed by atoms with Crippen LogP contribution in [-0.4, -0.2) is 9.78 Å². The zero-order valence-corrected chi connectivity index (χ0v) is 14.8. The van der Waals surface area contributed by atoms with Gasteiger partial charge >= 0.3 is 0 Å². The van der Waals surface area contributed by atoms with Gasteiger partial charge in [-0.25, -0.2) is 0 Å². The van der Waals surface area contributed by atoms with Crippen LogP contribution in [-0.2, 0) is 13.7 Å². The molecule has 2 N–H and O–H groups in total. The molecule has 0 radical (unpaired) electrons. The largest absolute Gasteiger partial charge is 0.487 e. The van der Waals surface area contributed by atoms with Gasteiger partial charge in [0.05, 0.1) is 15.9 Å². The van der Waals surface area contributed by atoms with Crippen LogP contribution >= 0.6 is 31.9 Å². The van der Waals surface area contributed by atoms with Crippen molar-refractivity contribution in [1.82, 2.24) is 9.78 Å². The summed E-state index contributed by atoms with van der Waals surface area (Å²) in [5.74, 6) is 0.800. The van der Waals surface area contributed by atoms with Crippen molar-refractivity contribution < 1.29 is 4.74 Å². The third kappa shape index (κ3) is 3.24. The standard InChI is InChI=1S/C14H17Br2N3O/c1-8(17)11-6-10(15)4-5-13(11)20-7-12-14(16)9(2)18-19(12)3/h4-6,8H,7,17H2,1-3H3/t8-/m0/s1. The predicted molar refractivity (Wildman–Crippen MR) is 86.7 cm³/mol. The van der Waals surface area contributed by atoms with Crippen LogP contribution in [0.5, 0.6) is 5.75 Å². The molecule has 4 nitrogen and oxygen atoms in total. The van der Waals surface area contributed by atoms with Crippen LogP contribution in [0.4, 0.5) is 0 Å². The summed E-state index contributed by atoms with van der Waals surface area (Å²) in [6, 6.07) is 5.79. The van der Waals surface area contributed by atoms with Crippen LogP contribution in [0.1, 0.15) is 29.9 Å². The van der Waals surface area contributed by atoms with E-state index in [0.29, 0.717) is 6.61 Å². The smallest absolute Gasteiger partial charge is 0.131 e. The quantitative estimate of drug-likeness (QED) is 0.844. The first kappa shape index (κ1) is 15.5. The predicted octanol–water partition coefficient (Wildman–Crippen LogP) is 3.85. The molecular weight excluding hydrogens is 386 g/mol. The molecule has 0 saturated carbocycles. The third-order valence-electron chi connectivity index (χ3n) is 3.09. The first-order chi connectivity index (χ1) is 9.40. The van der Waals surface area contributed by atoms with Gasteiger partial charge in [-0.05, 0) is 48.0 Å². The van der Waals surface area contributed by atoms with Gasteiger partial charge in [0.15, 0.2) is 0 Å². The molecule has 0 fully saturated rings. The fourth-order valence-corrected chi connectivity index (χ4v) is 2.82. The highest BCUT2D eigenvalue weighted by atomic mass is 79.9. The van der Waals surface area contributed by atoms with Crippen molar-refractivity contribution in [2.45, 2.75) is 26.5 Å². The maximum atomic E-state index is 5.99. The first-order valence-electron chi connectivity index (χ1n) is 6.26. The number of benzene rings is 1. The van der Waals surface area contributed by atoms with Crippen molar-refractivity contribution in [2.75, 3.05) is 0 Å². The zero-order valence-electron chi connectivity index (χ0n) is 11.7. The number of ether oxygens (including phenoxy) is 1. The van der Waals surface area contributed by atoms with E-state index in [-0.39, 0.29) is 6.04 Å². The molecule has 20 heavy (non-hydrogen) atoms. The topological polar surface area (TPSA) is 53.1 Å². The van der Waals surface area contributed by atoms with Crippen LogP contribution in [0.25, 0.3) is 0 Å². The van der Waals surface area contributed by atoms with E-state index in [1.807, 2.05) is 43.8 Å². The number of hydrogen-bond acceptors (Lipinski definition) is 3. The van der Waals surface area contributed by atoms with E-state index in [0.717, 1.165) is 31.6 Å². The van der Waals surface area contributed by atoms with Crippen LogP contribution in [0.15, 0.2) is 27.1 Å². The highest BCUT2D eigenvalue weighted by Gasteiger charge is 2.13. The molecule has 1 aromatic carbocycles. The van der Waals surface area contributed by atoms with Crippen molar-refractivity contribution in [1.29, 1.82) is 0 Å². The highest BCUT2D eigenvalue weighted by Crippen LogP contribution is 2.29. The molecule has 2 aromatic rings. The summed E-state index contributed by atoms with van der Waals surface area (Å²) in [5.41, 5.74) is 8.92. The lowest BCUT2D eigenvalue weighted by atomic mass is 10.1. The van der Waals surface area contributed by atoms with Crippen molar-refractivity contribution in [3.63, 3.8) is 0 Å². The summed E-state index contributed by atoms with van der Waals surface area (Å²) < 4.78 is 9.73. The number of aromatic nitrogens is 2. The van der Waals surface area contributed by atoms with E-state index < -0.39 is 0 Å². The molecule has 0 aliphatic heterocycles. The molecule has 0 aliphatic carbocycles. The Morgan fingerprint density at radius 2 is 2.10 bits per heavy atom. The van der Waals surface area contributed by atoms with Gasteiger partial charge in [0, 0.05) is 23.1 Å². The molecule has 108 valence electrons. The maximum Gasteiger partial charge on any atom is 0.131 e. The molecule has 1 atom stereocenters. The van der Waals surface area contributed by atoms with Gasteiger partial charge in [0.2, 0.25) is 0 Å². The molecule has 0 amide bonds. The summed E-state index contributed by atoms with van der Waals surface area (Å²) in [6.45, 7) is 4.35. The second-order valence-corrected chi connectivity index (χ2v) is 6.44. The Balaban J connectivity index is 2.23. The molecule has 0 spiro atoms. The normalized spacial score (nSPS) is 12.5. The molecule has 0 aliphatic rings. The molecule has 6 heteroatoms. The molecule has 1 heterocycles. The van der Waals surface area contributed by atoms with Gasteiger partial charge in [0.1, 0.15) is 12.4 Å². The summed E-state index contributed by atoms with van der Waals surface area (Å²) in [5, 5.41) is 4.35. The number of rotatable bonds is 4. The Morgan fingerprint density at radius 1 is 1.40 bits per heavy atom. The van der Waals surface area contributed by atoms with Crippen molar-refractivity contribution in [3.8, 4) is 5.75 Å². The fourth-order valence-electron chi connectivity index (χ4n) is 1.99. The maximum absolute atomic E-state index is 5.99. The van der Waals surface area contributed by atoms with Crippen LogP contribution in [0, 0.1) is 6.92 Å². The number of nitrogens with two attached hydrogens (primary N) is 1. The monoisotopic (exact) mass is 401 g/mol. The van der Waals surface area contributed by atoms with E-state index in [4.69, 9.17) is 10.5 Å². The van der Waals surface area contributed by atoms with E-state index in [1.165, 1.54) is 0 Å². The van der Waals surface area contributed by atoms with Gasteiger partial charge in [-0.1, -0.05) is 15.9 Å². The summed E-state index contributed by atoms with van der Waals surface area (Å²) >= 11 is 6.99. The Hall–Kier alpha value is -0.850. The lowest BCUT2D eigenvalue weighted by Crippen LogP contribution is -2.09. The van der Waals surface area contributed by atoms with E-state index in [9.17, 15) is 0 Å². The average Bonchev–Trinajstić information content (AvgIpc) is 2.62. The molecule has 0 saturated heterocycles. The summed E-state index contributed by atoms with van der Waals surface area (Å²) in [4.78, 5) is 0. The highest BCUT2D eigenvalue weighted by molar-refractivity contribution is 9.10. The second kappa shape index (κ2) is 6.28. The lowest BCUT2D eigenvalue weighted by molar-refractivity contribution is 0.289. The third-order valence-corrected chi connectivity index (χ3v) is 4.61. The average molecular weight is 403 g/mol. The lowest BCUT2D eigenvalue weighted by Gasteiger charge is -2.14. The van der Waals surface area contributed by atoms with Gasteiger partial charge in [0.25, 0.3) is 0 Å². The minimum atomic E-state index is -0.0841. The van der Waals surface area contributed by atoms with Crippen molar-refractivity contribution in [2.24, 2.45) is 12.8 Å². The van der Waals surface area contributed by atoms with Crippen LogP contribution < -0.4 is 10.5 Å². The number of hydrogen-bond donors (Lipinski definition) is 1. The molecule has 0 bridgehead atoms. The molecular formula is C14H17Br2N3O. The van der Waals surface area contributed by atoms with E-state index in [2.05, 4.69) is 37.0 Å². The number of halogens is 2. The minimum Gasteiger partial charge on any atom is -0.487 e. The van der Waals surface area contributed by atoms with Gasteiger partial charge in [-0.3, -0.25) is 4.68 Å².